The number of aromatic nitrogens is 2. The van der Waals surface area contributed by atoms with Gasteiger partial charge in [0, 0.05) is 0 Å². The molecule has 2 heterocycles. The number of rotatable bonds is 0. The lowest BCUT2D eigenvalue weighted by Gasteiger charge is -2.11. The van der Waals surface area contributed by atoms with E-state index in [-0.39, 0.29) is 5.91 Å². The van der Waals surface area contributed by atoms with E-state index in [9.17, 15) is 4.79 Å². The van der Waals surface area contributed by atoms with E-state index in [0.29, 0.717) is 12.3 Å². The van der Waals surface area contributed by atoms with E-state index >= 15 is 0 Å². The highest BCUT2D eigenvalue weighted by atomic mass is 16.1. The van der Waals surface area contributed by atoms with Crippen molar-refractivity contribution in [2.24, 2.45) is 4.99 Å². The molecule has 3 rings (SSSR count). The fraction of sp³-hybridized carbons (Fsp3) is 0.182. The molecule has 0 bridgehead atoms. The molecule has 1 aliphatic rings. The van der Waals surface area contributed by atoms with Crippen LogP contribution in [0.25, 0.3) is 11.0 Å². The molecule has 4 nitrogen and oxygen atoms in total. The molecule has 15 heavy (non-hydrogen) atoms. The zero-order valence-electron chi connectivity index (χ0n) is 8.27. The maximum Gasteiger partial charge on any atom is 0.254 e. The summed E-state index contributed by atoms with van der Waals surface area (Å²) in [4.78, 5) is 19.6. The SMILES string of the molecule is CC1=NC(=O)Cc2nc3ccccc3n21. The van der Waals surface area contributed by atoms with Gasteiger partial charge >= 0.3 is 0 Å². The van der Waals surface area contributed by atoms with Gasteiger partial charge in [-0.25, -0.2) is 4.98 Å². The van der Waals surface area contributed by atoms with Crippen molar-refractivity contribution in [2.75, 3.05) is 0 Å². The number of carbonyl (C=O) groups excluding carboxylic acids is 1. The fourth-order valence-corrected chi connectivity index (χ4v) is 1.96. The van der Waals surface area contributed by atoms with E-state index in [1.165, 1.54) is 0 Å². The smallest absolute Gasteiger partial charge is 0.254 e. The second-order valence-corrected chi connectivity index (χ2v) is 3.58. The predicted octanol–water partition coefficient (Wildman–Crippen LogP) is 1.39. The summed E-state index contributed by atoms with van der Waals surface area (Å²) in [5.41, 5.74) is 1.93. The van der Waals surface area contributed by atoms with Crippen molar-refractivity contribution >= 4 is 22.8 Å². The topological polar surface area (TPSA) is 47.2 Å². The first-order valence-corrected chi connectivity index (χ1v) is 4.80. The highest BCUT2D eigenvalue weighted by Crippen LogP contribution is 2.18. The van der Waals surface area contributed by atoms with Crippen LogP contribution in [0, 0.1) is 0 Å². The van der Waals surface area contributed by atoms with Crippen LogP contribution in [0.1, 0.15) is 12.7 Å². The molecule has 2 aromatic rings. The molecule has 1 aliphatic heterocycles. The summed E-state index contributed by atoms with van der Waals surface area (Å²) >= 11 is 0. The normalized spacial score (nSPS) is 15.3. The molecule has 0 radical (unpaired) electrons. The van der Waals surface area contributed by atoms with Gasteiger partial charge < -0.3 is 0 Å². The largest absolute Gasteiger partial charge is 0.284 e. The lowest BCUT2D eigenvalue weighted by molar-refractivity contribution is -0.117. The summed E-state index contributed by atoms with van der Waals surface area (Å²) in [5, 5.41) is 0. The Balaban J connectivity index is 2.40. The van der Waals surface area contributed by atoms with Crippen LogP contribution in [0.4, 0.5) is 0 Å². The average molecular weight is 199 g/mol. The van der Waals surface area contributed by atoms with Crippen molar-refractivity contribution in [3.63, 3.8) is 0 Å². The van der Waals surface area contributed by atoms with Gasteiger partial charge in [0.1, 0.15) is 11.7 Å². The van der Waals surface area contributed by atoms with Crippen molar-refractivity contribution in [1.82, 2.24) is 9.55 Å². The van der Waals surface area contributed by atoms with Gasteiger partial charge in [-0.15, -0.1) is 0 Å². The number of benzene rings is 1. The molecule has 0 spiro atoms. The zero-order valence-corrected chi connectivity index (χ0v) is 8.27. The van der Waals surface area contributed by atoms with Gasteiger partial charge in [0.05, 0.1) is 17.5 Å². The Labute approximate surface area is 86.3 Å². The third-order valence-electron chi connectivity index (χ3n) is 2.55. The maximum atomic E-state index is 11.3. The van der Waals surface area contributed by atoms with Gasteiger partial charge in [0.25, 0.3) is 5.91 Å². The lowest BCUT2D eigenvalue weighted by Crippen LogP contribution is -2.21. The third-order valence-corrected chi connectivity index (χ3v) is 2.55. The third kappa shape index (κ3) is 1.11. The molecule has 0 N–H and O–H groups in total. The Hall–Kier alpha value is -1.97. The zero-order chi connectivity index (χ0) is 10.4. The van der Waals surface area contributed by atoms with E-state index in [0.717, 1.165) is 16.9 Å². The van der Waals surface area contributed by atoms with Crippen LogP contribution < -0.4 is 0 Å². The number of imidazole rings is 1. The first kappa shape index (κ1) is 8.35. The minimum Gasteiger partial charge on any atom is -0.284 e. The van der Waals surface area contributed by atoms with E-state index in [1.54, 1.807) is 0 Å². The standard InChI is InChI=1S/C11H9N3O/c1-7-12-11(15)6-10-13-8-4-2-3-5-9(8)14(7)10/h2-5H,6H2,1H3. The Morgan fingerprint density at radius 1 is 1.33 bits per heavy atom. The number of hydrogen-bond acceptors (Lipinski definition) is 2. The van der Waals surface area contributed by atoms with E-state index in [2.05, 4.69) is 9.98 Å². The molecule has 1 amide bonds. The monoisotopic (exact) mass is 199 g/mol. The van der Waals surface area contributed by atoms with Crippen LogP contribution in [0.3, 0.4) is 0 Å². The minimum absolute atomic E-state index is 0.115. The van der Waals surface area contributed by atoms with E-state index in [4.69, 9.17) is 0 Å². The fourth-order valence-electron chi connectivity index (χ4n) is 1.96. The summed E-state index contributed by atoms with van der Waals surface area (Å²) in [6.45, 7) is 1.83. The Kier molecular flexibility index (Phi) is 1.54. The molecule has 0 unspecified atom stereocenters. The van der Waals surface area contributed by atoms with Crippen molar-refractivity contribution in [3.8, 4) is 0 Å². The number of para-hydroxylation sites is 2. The van der Waals surface area contributed by atoms with Crippen LogP contribution in [0.5, 0.6) is 0 Å². The Bertz CT molecular complexity index is 595. The van der Waals surface area contributed by atoms with Crippen LogP contribution in [-0.2, 0) is 11.2 Å². The number of carbonyl (C=O) groups is 1. The van der Waals surface area contributed by atoms with Crippen LogP contribution in [0.15, 0.2) is 29.3 Å². The molecular formula is C11H9N3O. The lowest BCUT2D eigenvalue weighted by atomic mass is 10.3. The molecule has 74 valence electrons. The highest BCUT2D eigenvalue weighted by Gasteiger charge is 2.19. The summed E-state index contributed by atoms with van der Waals surface area (Å²) in [5.74, 6) is 1.37. The number of aliphatic imine (C=N–C) groups is 1. The van der Waals surface area contributed by atoms with Crippen molar-refractivity contribution in [1.29, 1.82) is 0 Å². The summed E-state index contributed by atoms with van der Waals surface area (Å²) in [6.07, 6.45) is 0.298. The van der Waals surface area contributed by atoms with Gasteiger partial charge in [-0.05, 0) is 19.1 Å². The summed E-state index contributed by atoms with van der Waals surface area (Å²) in [7, 11) is 0. The maximum absolute atomic E-state index is 11.3. The molecule has 0 saturated carbocycles. The molecule has 0 aliphatic carbocycles. The second-order valence-electron chi connectivity index (χ2n) is 3.58. The second kappa shape index (κ2) is 2.76. The van der Waals surface area contributed by atoms with Crippen LogP contribution in [-0.4, -0.2) is 21.3 Å². The summed E-state index contributed by atoms with van der Waals surface area (Å²) in [6, 6.07) is 7.83. The van der Waals surface area contributed by atoms with Crippen molar-refractivity contribution in [2.45, 2.75) is 13.3 Å². The number of amides is 1. The predicted molar refractivity (Wildman–Crippen MR) is 57.0 cm³/mol. The van der Waals surface area contributed by atoms with Crippen LogP contribution >= 0.6 is 0 Å². The number of fused-ring (bicyclic) bond motifs is 3. The highest BCUT2D eigenvalue weighted by molar-refractivity contribution is 6.02. The molecule has 0 fully saturated rings. The van der Waals surface area contributed by atoms with E-state index in [1.807, 2.05) is 35.8 Å². The number of hydrogen-bond donors (Lipinski definition) is 0. The van der Waals surface area contributed by atoms with Crippen molar-refractivity contribution in [3.05, 3.63) is 30.1 Å². The van der Waals surface area contributed by atoms with Gasteiger partial charge in [0.15, 0.2) is 0 Å². The first-order chi connectivity index (χ1) is 7.25. The Morgan fingerprint density at radius 3 is 3.00 bits per heavy atom. The molecule has 4 heteroatoms. The van der Waals surface area contributed by atoms with Crippen LogP contribution in [0.2, 0.25) is 0 Å². The average Bonchev–Trinajstić information content (AvgIpc) is 2.54. The quantitative estimate of drug-likeness (QED) is 0.643. The van der Waals surface area contributed by atoms with Gasteiger partial charge in [-0.1, -0.05) is 12.1 Å². The molecule has 1 aromatic carbocycles. The first-order valence-electron chi connectivity index (χ1n) is 4.80. The van der Waals surface area contributed by atoms with E-state index < -0.39 is 0 Å². The Morgan fingerprint density at radius 2 is 2.13 bits per heavy atom. The number of nitrogens with zero attached hydrogens (tertiary/aromatic N) is 3. The molecular weight excluding hydrogens is 190 g/mol. The van der Waals surface area contributed by atoms with Gasteiger partial charge in [-0.3, -0.25) is 9.36 Å². The molecule has 1 aromatic heterocycles. The van der Waals surface area contributed by atoms with Gasteiger partial charge in [-0.2, -0.15) is 4.99 Å². The molecule has 0 atom stereocenters. The molecule has 0 saturated heterocycles. The summed E-state index contributed by atoms with van der Waals surface area (Å²) < 4.78 is 1.94. The van der Waals surface area contributed by atoms with Crippen molar-refractivity contribution < 1.29 is 4.79 Å². The van der Waals surface area contributed by atoms with Gasteiger partial charge in [0.2, 0.25) is 0 Å². The minimum atomic E-state index is -0.115.